The first-order chi connectivity index (χ1) is 13.3. The van der Waals surface area contributed by atoms with Crippen LogP contribution in [0.25, 0.3) is 16.5 Å². The smallest absolute Gasteiger partial charge is 0.226 e. The number of fused-ring (bicyclic) bond motifs is 2. The van der Waals surface area contributed by atoms with Gasteiger partial charge in [-0.2, -0.15) is 10.1 Å². The molecule has 132 valence electrons. The number of aromatic nitrogens is 3. The van der Waals surface area contributed by atoms with Crippen LogP contribution < -0.4 is 10.1 Å². The van der Waals surface area contributed by atoms with Crippen molar-refractivity contribution in [3.63, 3.8) is 0 Å². The molecule has 1 aromatic heterocycles. The van der Waals surface area contributed by atoms with Gasteiger partial charge in [0.25, 0.3) is 0 Å². The van der Waals surface area contributed by atoms with E-state index in [1.54, 1.807) is 13.4 Å². The Morgan fingerprint density at radius 1 is 0.963 bits per heavy atom. The Morgan fingerprint density at radius 2 is 1.78 bits per heavy atom. The van der Waals surface area contributed by atoms with Gasteiger partial charge >= 0.3 is 0 Å². The van der Waals surface area contributed by atoms with Gasteiger partial charge in [0, 0.05) is 5.70 Å². The quantitative estimate of drug-likeness (QED) is 0.589. The average molecular weight is 354 g/mol. The summed E-state index contributed by atoms with van der Waals surface area (Å²) in [4.78, 5) is 4.40. The molecule has 1 aliphatic heterocycles. The van der Waals surface area contributed by atoms with E-state index >= 15 is 0 Å². The van der Waals surface area contributed by atoms with Gasteiger partial charge in [0.2, 0.25) is 5.95 Å². The molecule has 0 radical (unpaired) electrons. The van der Waals surface area contributed by atoms with Crippen LogP contribution in [0.4, 0.5) is 5.95 Å². The largest absolute Gasteiger partial charge is 0.497 e. The molecular formula is C22H18N4O. The lowest BCUT2D eigenvalue weighted by molar-refractivity contribution is 0.415. The van der Waals surface area contributed by atoms with Crippen molar-refractivity contribution < 1.29 is 4.74 Å². The summed E-state index contributed by atoms with van der Waals surface area (Å²) in [5, 5.41) is 10.3. The molecule has 0 saturated carbocycles. The normalized spacial score (nSPS) is 15.7. The van der Waals surface area contributed by atoms with Gasteiger partial charge in [0.05, 0.1) is 7.11 Å². The third-order valence-corrected chi connectivity index (χ3v) is 4.95. The Balaban J connectivity index is 1.66. The number of nitrogens with zero attached hydrogens (tertiary/aromatic N) is 3. The number of ether oxygens (including phenoxy) is 1. The Labute approximate surface area is 156 Å². The molecular weight excluding hydrogens is 336 g/mol. The Kier molecular flexibility index (Phi) is 3.64. The highest BCUT2D eigenvalue weighted by Gasteiger charge is 2.24. The summed E-state index contributed by atoms with van der Waals surface area (Å²) >= 11 is 0. The van der Waals surface area contributed by atoms with Gasteiger partial charge in [-0.3, -0.25) is 0 Å². The summed E-state index contributed by atoms with van der Waals surface area (Å²) in [6.45, 7) is 0. The number of hydrogen-bond donors (Lipinski definition) is 1. The SMILES string of the molecule is COc1ccc(C2=C[C@H](c3cccc4ccccc34)n3ncnc3N2)cc1. The Morgan fingerprint density at radius 3 is 2.63 bits per heavy atom. The van der Waals surface area contributed by atoms with E-state index in [1.807, 2.05) is 28.9 Å². The predicted octanol–water partition coefficient (Wildman–Crippen LogP) is 4.50. The monoisotopic (exact) mass is 354 g/mol. The van der Waals surface area contributed by atoms with Crippen LogP contribution in [-0.2, 0) is 0 Å². The first-order valence-electron chi connectivity index (χ1n) is 8.84. The summed E-state index contributed by atoms with van der Waals surface area (Å²) in [6.07, 6.45) is 3.79. The van der Waals surface area contributed by atoms with E-state index in [-0.39, 0.29) is 6.04 Å². The molecule has 0 saturated heterocycles. The number of hydrogen-bond acceptors (Lipinski definition) is 4. The number of nitrogens with one attached hydrogen (secondary N) is 1. The van der Waals surface area contributed by atoms with E-state index in [1.165, 1.54) is 16.3 Å². The van der Waals surface area contributed by atoms with Gasteiger partial charge in [-0.05, 0) is 52.2 Å². The minimum Gasteiger partial charge on any atom is -0.497 e. The number of benzene rings is 3. The number of methoxy groups -OCH3 is 1. The molecule has 27 heavy (non-hydrogen) atoms. The zero-order chi connectivity index (χ0) is 18.2. The maximum Gasteiger partial charge on any atom is 0.226 e. The summed E-state index contributed by atoms with van der Waals surface area (Å²) in [5.74, 6) is 1.57. The molecule has 3 aromatic carbocycles. The van der Waals surface area contributed by atoms with Crippen molar-refractivity contribution >= 4 is 22.4 Å². The zero-order valence-corrected chi connectivity index (χ0v) is 14.8. The number of allylic oxidation sites excluding steroid dienone is 1. The zero-order valence-electron chi connectivity index (χ0n) is 14.8. The van der Waals surface area contributed by atoms with Gasteiger partial charge in [-0.15, -0.1) is 0 Å². The van der Waals surface area contributed by atoms with Crippen molar-refractivity contribution in [1.29, 1.82) is 0 Å². The molecule has 1 atom stereocenters. The van der Waals surface area contributed by atoms with Gasteiger partial charge in [0.1, 0.15) is 18.1 Å². The van der Waals surface area contributed by atoms with E-state index in [4.69, 9.17) is 4.74 Å². The Hall–Kier alpha value is -3.60. The second-order valence-corrected chi connectivity index (χ2v) is 6.48. The third kappa shape index (κ3) is 2.64. The van der Waals surface area contributed by atoms with E-state index in [2.05, 4.69) is 63.9 Å². The van der Waals surface area contributed by atoms with Crippen LogP contribution in [0, 0.1) is 0 Å². The fraction of sp³-hybridized carbons (Fsp3) is 0.0909. The van der Waals surface area contributed by atoms with Crippen LogP contribution in [0.2, 0.25) is 0 Å². The van der Waals surface area contributed by atoms with Crippen molar-refractivity contribution in [3.05, 3.63) is 90.3 Å². The lowest BCUT2D eigenvalue weighted by atomic mass is 9.96. The molecule has 4 aromatic rings. The summed E-state index contributed by atoms with van der Waals surface area (Å²) in [5.41, 5.74) is 3.29. The third-order valence-electron chi connectivity index (χ3n) is 4.95. The topological polar surface area (TPSA) is 52.0 Å². The van der Waals surface area contributed by atoms with Crippen molar-refractivity contribution in [1.82, 2.24) is 14.8 Å². The van der Waals surface area contributed by atoms with Crippen molar-refractivity contribution in [2.45, 2.75) is 6.04 Å². The van der Waals surface area contributed by atoms with Gasteiger partial charge in [-0.1, -0.05) is 42.5 Å². The van der Waals surface area contributed by atoms with E-state index < -0.39 is 0 Å². The highest BCUT2D eigenvalue weighted by molar-refractivity contribution is 5.87. The molecule has 0 amide bonds. The van der Waals surface area contributed by atoms with Crippen LogP contribution in [0.1, 0.15) is 17.2 Å². The van der Waals surface area contributed by atoms with E-state index in [0.717, 1.165) is 23.0 Å². The molecule has 0 bridgehead atoms. The molecule has 0 fully saturated rings. The lowest BCUT2D eigenvalue weighted by Crippen LogP contribution is -2.20. The summed E-state index contributed by atoms with van der Waals surface area (Å²) in [6, 6.07) is 22.8. The average Bonchev–Trinajstić information content (AvgIpc) is 3.21. The second-order valence-electron chi connectivity index (χ2n) is 6.48. The van der Waals surface area contributed by atoms with Crippen LogP contribution in [-0.4, -0.2) is 21.9 Å². The van der Waals surface area contributed by atoms with Gasteiger partial charge in [0.15, 0.2) is 0 Å². The maximum absolute atomic E-state index is 5.27. The maximum atomic E-state index is 5.27. The van der Waals surface area contributed by atoms with Crippen LogP contribution in [0.3, 0.4) is 0 Å². The number of anilines is 1. The highest BCUT2D eigenvalue weighted by Crippen LogP contribution is 2.35. The Bertz CT molecular complexity index is 1140. The first kappa shape index (κ1) is 15.6. The van der Waals surface area contributed by atoms with Crippen LogP contribution in [0.15, 0.2) is 79.1 Å². The minimum absolute atomic E-state index is 0.0352. The molecule has 1 N–H and O–H groups in total. The van der Waals surface area contributed by atoms with E-state index in [0.29, 0.717) is 0 Å². The highest BCUT2D eigenvalue weighted by atomic mass is 16.5. The first-order valence-corrected chi connectivity index (χ1v) is 8.84. The lowest BCUT2D eigenvalue weighted by Gasteiger charge is -2.25. The molecule has 0 spiro atoms. The second kappa shape index (κ2) is 6.29. The molecule has 5 nitrogen and oxygen atoms in total. The number of rotatable bonds is 3. The molecule has 5 heteroatoms. The van der Waals surface area contributed by atoms with E-state index in [9.17, 15) is 0 Å². The van der Waals surface area contributed by atoms with Crippen LogP contribution >= 0.6 is 0 Å². The van der Waals surface area contributed by atoms with Crippen molar-refractivity contribution in [2.75, 3.05) is 12.4 Å². The fourth-order valence-electron chi connectivity index (χ4n) is 3.60. The van der Waals surface area contributed by atoms with Gasteiger partial charge < -0.3 is 10.1 Å². The van der Waals surface area contributed by atoms with Crippen molar-refractivity contribution in [3.8, 4) is 5.75 Å². The fourth-order valence-corrected chi connectivity index (χ4v) is 3.60. The van der Waals surface area contributed by atoms with Crippen molar-refractivity contribution in [2.24, 2.45) is 0 Å². The molecule has 0 aliphatic carbocycles. The molecule has 2 heterocycles. The molecule has 1 aliphatic rings. The minimum atomic E-state index is -0.0352. The summed E-state index contributed by atoms with van der Waals surface area (Å²) < 4.78 is 7.20. The standard InChI is InChI=1S/C22H18N4O/c1-27-17-11-9-16(10-12-17)20-13-21(26-22(25-20)23-14-24-26)19-8-4-6-15-5-2-3-7-18(15)19/h2-14,21H,1H3,(H,23,24,25)/t21-/m1/s1. The summed E-state index contributed by atoms with van der Waals surface area (Å²) in [7, 11) is 1.67. The van der Waals surface area contributed by atoms with Crippen LogP contribution in [0.5, 0.6) is 5.75 Å². The molecule has 5 rings (SSSR count). The van der Waals surface area contributed by atoms with Gasteiger partial charge in [-0.25, -0.2) is 4.68 Å². The molecule has 0 unspecified atom stereocenters. The predicted molar refractivity (Wildman–Crippen MR) is 107 cm³/mol.